The van der Waals surface area contributed by atoms with Crippen molar-refractivity contribution in [2.24, 2.45) is 0 Å². The number of aromatic nitrogens is 3. The van der Waals surface area contributed by atoms with Gasteiger partial charge in [0.15, 0.2) is 0 Å². The molecule has 1 saturated heterocycles. The Labute approximate surface area is 130 Å². The fourth-order valence-electron chi connectivity index (χ4n) is 3.43. The van der Waals surface area contributed by atoms with Crippen LogP contribution in [0.15, 0.2) is 4.79 Å². The number of hydrogen-bond acceptors (Lipinski definition) is 4. The molecule has 2 N–H and O–H groups in total. The predicted molar refractivity (Wildman–Crippen MR) is 82.6 cm³/mol. The zero-order valence-electron chi connectivity index (χ0n) is 13.4. The average molecular weight is 307 g/mol. The maximum Gasteiger partial charge on any atom is 0.343 e. The van der Waals surface area contributed by atoms with E-state index in [1.54, 1.807) is 4.57 Å². The Balaban J connectivity index is 1.61. The van der Waals surface area contributed by atoms with E-state index in [4.69, 9.17) is 0 Å². The van der Waals surface area contributed by atoms with E-state index in [9.17, 15) is 9.59 Å². The zero-order valence-corrected chi connectivity index (χ0v) is 13.4. The second-order valence-corrected chi connectivity index (χ2v) is 6.85. The molecular formula is C15H25N5O2. The van der Waals surface area contributed by atoms with E-state index in [1.165, 1.54) is 12.8 Å². The minimum absolute atomic E-state index is 0.0906. The van der Waals surface area contributed by atoms with Crippen LogP contribution < -0.4 is 11.0 Å². The van der Waals surface area contributed by atoms with Gasteiger partial charge in [-0.2, -0.15) is 5.10 Å². The van der Waals surface area contributed by atoms with Crippen molar-refractivity contribution in [1.82, 2.24) is 25.0 Å². The summed E-state index contributed by atoms with van der Waals surface area (Å²) in [5.41, 5.74) is -0.618. The Morgan fingerprint density at radius 2 is 2.00 bits per heavy atom. The molecule has 0 saturated carbocycles. The first-order valence-corrected chi connectivity index (χ1v) is 8.18. The summed E-state index contributed by atoms with van der Waals surface area (Å²) in [6, 6.07) is 0.107. The molecule has 1 unspecified atom stereocenters. The number of fused-ring (bicyclic) bond motifs is 1. The molecule has 0 bridgehead atoms. The highest BCUT2D eigenvalue weighted by molar-refractivity contribution is 5.85. The molecule has 1 atom stereocenters. The third-order valence-electron chi connectivity index (χ3n) is 5.04. The second kappa shape index (κ2) is 5.87. The fourth-order valence-corrected chi connectivity index (χ4v) is 3.43. The van der Waals surface area contributed by atoms with Gasteiger partial charge < -0.3 is 5.32 Å². The number of H-pyrrole nitrogens is 1. The normalized spacial score (nSPS) is 23.1. The summed E-state index contributed by atoms with van der Waals surface area (Å²) in [4.78, 5) is 26.6. The van der Waals surface area contributed by atoms with Gasteiger partial charge in [-0.1, -0.05) is 0 Å². The Morgan fingerprint density at radius 3 is 2.73 bits per heavy atom. The molecule has 3 heterocycles. The van der Waals surface area contributed by atoms with E-state index < -0.39 is 5.54 Å². The maximum absolute atomic E-state index is 12.7. The Kier molecular flexibility index (Phi) is 4.08. The number of carbonyl (C=O) groups is 1. The summed E-state index contributed by atoms with van der Waals surface area (Å²) in [6.45, 7) is 6.60. The van der Waals surface area contributed by atoms with Crippen molar-refractivity contribution in [3.8, 4) is 0 Å². The number of hydrogen-bond donors (Lipinski definition) is 2. The lowest BCUT2D eigenvalue weighted by Crippen LogP contribution is -2.56. The standard InChI is InChI=1S/C15H25N5O2/c1-15(2,19-8-3-4-9-19)13(21)16-11-5-6-12-17-18-14(22)20(12)10-7-11/h11H,3-10H2,1-2H3,(H,16,21)(H,18,22). The van der Waals surface area contributed by atoms with Crippen molar-refractivity contribution < 1.29 is 4.79 Å². The Morgan fingerprint density at radius 1 is 1.27 bits per heavy atom. The average Bonchev–Trinajstić information content (AvgIpc) is 3.08. The molecule has 0 radical (unpaired) electrons. The van der Waals surface area contributed by atoms with Gasteiger partial charge in [-0.15, -0.1) is 0 Å². The van der Waals surface area contributed by atoms with E-state index in [0.29, 0.717) is 13.0 Å². The smallest absolute Gasteiger partial charge is 0.343 e. The molecule has 1 aromatic rings. The topological polar surface area (TPSA) is 83.0 Å². The number of nitrogens with zero attached hydrogens (tertiary/aromatic N) is 3. The molecule has 7 nitrogen and oxygen atoms in total. The van der Waals surface area contributed by atoms with E-state index in [1.807, 2.05) is 13.8 Å². The first-order chi connectivity index (χ1) is 10.5. The lowest BCUT2D eigenvalue weighted by Gasteiger charge is -2.35. The van der Waals surface area contributed by atoms with Gasteiger partial charge in [0.1, 0.15) is 5.82 Å². The summed E-state index contributed by atoms with van der Waals surface area (Å²) in [7, 11) is 0. The highest BCUT2D eigenvalue weighted by Gasteiger charge is 2.37. The van der Waals surface area contributed by atoms with Crippen LogP contribution in [0.1, 0.15) is 45.4 Å². The molecule has 122 valence electrons. The summed E-state index contributed by atoms with van der Waals surface area (Å²) in [5.74, 6) is 0.883. The molecule has 2 aliphatic rings. The van der Waals surface area contributed by atoms with Crippen LogP contribution in [0.25, 0.3) is 0 Å². The number of aryl methyl sites for hydroxylation is 1. The minimum atomic E-state index is -0.464. The number of likely N-dealkylation sites (tertiary alicyclic amines) is 1. The van der Waals surface area contributed by atoms with Crippen LogP contribution >= 0.6 is 0 Å². The number of carbonyl (C=O) groups excluding carboxylic acids is 1. The van der Waals surface area contributed by atoms with Gasteiger partial charge in [0.05, 0.1) is 5.54 Å². The van der Waals surface area contributed by atoms with Gasteiger partial charge in [0.2, 0.25) is 5.91 Å². The molecule has 0 aliphatic carbocycles. The van der Waals surface area contributed by atoms with Crippen LogP contribution in [-0.2, 0) is 17.8 Å². The third-order valence-corrected chi connectivity index (χ3v) is 5.04. The quantitative estimate of drug-likeness (QED) is 0.839. The van der Waals surface area contributed by atoms with Gasteiger partial charge >= 0.3 is 5.69 Å². The minimum Gasteiger partial charge on any atom is -0.352 e. The lowest BCUT2D eigenvalue weighted by molar-refractivity contribution is -0.132. The van der Waals surface area contributed by atoms with Crippen LogP contribution in [0.3, 0.4) is 0 Å². The second-order valence-electron chi connectivity index (χ2n) is 6.85. The van der Waals surface area contributed by atoms with E-state index in [0.717, 1.165) is 31.8 Å². The van der Waals surface area contributed by atoms with Gasteiger partial charge in [-0.25, -0.2) is 9.89 Å². The fraction of sp³-hybridized carbons (Fsp3) is 0.800. The van der Waals surface area contributed by atoms with E-state index in [-0.39, 0.29) is 17.6 Å². The highest BCUT2D eigenvalue weighted by atomic mass is 16.2. The number of nitrogens with one attached hydrogen (secondary N) is 2. The largest absolute Gasteiger partial charge is 0.352 e. The highest BCUT2D eigenvalue weighted by Crippen LogP contribution is 2.22. The zero-order chi connectivity index (χ0) is 15.7. The molecule has 7 heteroatoms. The summed E-state index contributed by atoms with van der Waals surface area (Å²) < 4.78 is 1.68. The number of rotatable bonds is 3. The molecule has 22 heavy (non-hydrogen) atoms. The monoisotopic (exact) mass is 307 g/mol. The number of amides is 1. The van der Waals surface area contributed by atoms with Gasteiger partial charge in [-0.3, -0.25) is 14.3 Å². The van der Waals surface area contributed by atoms with Gasteiger partial charge in [0, 0.05) is 19.0 Å². The SMILES string of the molecule is CC(C)(C(=O)NC1CCc2n[nH]c(=O)n2CC1)N1CCCC1. The molecule has 3 rings (SSSR count). The van der Waals surface area contributed by atoms with E-state index >= 15 is 0 Å². The molecule has 1 fully saturated rings. The van der Waals surface area contributed by atoms with Crippen LogP contribution in [0.4, 0.5) is 0 Å². The summed E-state index contributed by atoms with van der Waals surface area (Å²) in [6.07, 6.45) is 4.66. The van der Waals surface area contributed by atoms with Crippen LogP contribution in [0.2, 0.25) is 0 Å². The Hall–Kier alpha value is -1.63. The van der Waals surface area contributed by atoms with Crippen molar-refractivity contribution in [3.05, 3.63) is 16.3 Å². The van der Waals surface area contributed by atoms with Crippen molar-refractivity contribution >= 4 is 5.91 Å². The summed E-state index contributed by atoms with van der Waals surface area (Å²) >= 11 is 0. The molecule has 2 aliphatic heterocycles. The molecule has 1 amide bonds. The van der Waals surface area contributed by atoms with Gasteiger partial charge in [-0.05, 0) is 52.6 Å². The van der Waals surface area contributed by atoms with Gasteiger partial charge in [0.25, 0.3) is 0 Å². The van der Waals surface area contributed by atoms with E-state index in [2.05, 4.69) is 20.4 Å². The molecular weight excluding hydrogens is 282 g/mol. The molecule has 0 spiro atoms. The molecule has 0 aromatic carbocycles. The van der Waals surface area contributed by atoms with Crippen LogP contribution in [0, 0.1) is 0 Å². The van der Waals surface area contributed by atoms with Crippen molar-refractivity contribution in [2.75, 3.05) is 13.1 Å². The summed E-state index contributed by atoms with van der Waals surface area (Å²) in [5, 5.41) is 9.72. The van der Waals surface area contributed by atoms with Crippen molar-refractivity contribution in [2.45, 2.75) is 64.1 Å². The first-order valence-electron chi connectivity index (χ1n) is 8.18. The van der Waals surface area contributed by atoms with Crippen molar-refractivity contribution in [3.63, 3.8) is 0 Å². The predicted octanol–water partition coefficient (Wildman–Crippen LogP) is 0.267. The Bertz CT molecular complexity index is 597. The molecule has 1 aromatic heterocycles. The lowest BCUT2D eigenvalue weighted by atomic mass is 10.00. The maximum atomic E-state index is 12.7. The first kappa shape index (κ1) is 15.3. The third kappa shape index (κ3) is 2.82. The number of aromatic amines is 1. The van der Waals surface area contributed by atoms with Crippen molar-refractivity contribution in [1.29, 1.82) is 0 Å². The van der Waals surface area contributed by atoms with Crippen LogP contribution in [-0.4, -0.2) is 50.2 Å². The van der Waals surface area contributed by atoms with Crippen LogP contribution in [0.5, 0.6) is 0 Å².